The first-order valence-corrected chi connectivity index (χ1v) is 7.10. The van der Waals surface area contributed by atoms with Gasteiger partial charge in [0.2, 0.25) is 0 Å². The number of aryl methyl sites for hydroxylation is 2. The lowest BCUT2D eigenvalue weighted by Gasteiger charge is -2.37. The average Bonchev–Trinajstić information content (AvgIpc) is 2.98. The Hall–Kier alpha value is -2.25. The summed E-state index contributed by atoms with van der Waals surface area (Å²) in [5, 5.41) is 25.6. The fourth-order valence-corrected chi connectivity index (χ4v) is 2.79. The van der Waals surface area contributed by atoms with E-state index in [0.29, 0.717) is 31.8 Å². The van der Waals surface area contributed by atoms with Crippen molar-refractivity contribution in [2.45, 2.75) is 46.2 Å². The van der Waals surface area contributed by atoms with Gasteiger partial charge < -0.3 is 5.11 Å². The zero-order chi connectivity index (χ0) is 15.0. The third-order valence-corrected chi connectivity index (χ3v) is 4.18. The molecule has 0 aromatic carbocycles. The van der Waals surface area contributed by atoms with E-state index >= 15 is 0 Å². The molecule has 8 heteroatoms. The Morgan fingerprint density at radius 1 is 1.43 bits per heavy atom. The van der Waals surface area contributed by atoms with E-state index in [-0.39, 0.29) is 0 Å². The van der Waals surface area contributed by atoms with Crippen LogP contribution in [0.1, 0.15) is 31.9 Å². The minimum absolute atomic E-state index is 0.304. The van der Waals surface area contributed by atoms with Gasteiger partial charge in [-0.1, -0.05) is 6.42 Å². The molecular weight excluding hydrogens is 272 g/mol. The summed E-state index contributed by atoms with van der Waals surface area (Å²) in [5.74, 6) is -0.194. The lowest BCUT2D eigenvalue weighted by Crippen LogP contribution is -2.42. The molecule has 0 aliphatic heterocycles. The average molecular weight is 290 g/mol. The van der Waals surface area contributed by atoms with Gasteiger partial charge >= 0.3 is 5.97 Å². The van der Waals surface area contributed by atoms with Crippen LogP contribution in [0.25, 0.3) is 11.5 Å². The van der Waals surface area contributed by atoms with E-state index in [0.717, 1.165) is 17.8 Å². The number of tetrazole rings is 1. The molecule has 8 nitrogen and oxygen atoms in total. The predicted molar refractivity (Wildman–Crippen MR) is 73.4 cm³/mol. The SMILES string of the molecule is CCn1nc(C)cc1-c1nnnn1CC1(C(=O)O)CCC1. The molecule has 1 saturated carbocycles. The smallest absolute Gasteiger partial charge is 0.311 e. The highest BCUT2D eigenvalue weighted by Crippen LogP contribution is 2.43. The van der Waals surface area contributed by atoms with Crippen LogP contribution in [0, 0.1) is 12.3 Å². The first-order valence-electron chi connectivity index (χ1n) is 7.10. The Labute approximate surface area is 121 Å². The van der Waals surface area contributed by atoms with Gasteiger partial charge in [0.1, 0.15) is 5.69 Å². The van der Waals surface area contributed by atoms with E-state index in [1.54, 1.807) is 4.68 Å². The van der Waals surface area contributed by atoms with Gasteiger partial charge in [0.25, 0.3) is 0 Å². The third kappa shape index (κ3) is 2.20. The van der Waals surface area contributed by atoms with Gasteiger partial charge in [-0.15, -0.1) is 5.10 Å². The van der Waals surface area contributed by atoms with Crippen molar-refractivity contribution in [3.63, 3.8) is 0 Å². The summed E-state index contributed by atoms with van der Waals surface area (Å²) < 4.78 is 3.42. The molecule has 1 N–H and O–H groups in total. The molecule has 0 saturated heterocycles. The van der Waals surface area contributed by atoms with Crippen LogP contribution >= 0.6 is 0 Å². The van der Waals surface area contributed by atoms with Crippen molar-refractivity contribution in [3.8, 4) is 11.5 Å². The maximum atomic E-state index is 11.5. The highest BCUT2D eigenvalue weighted by atomic mass is 16.4. The second kappa shape index (κ2) is 4.94. The molecule has 0 bridgehead atoms. The molecule has 0 radical (unpaired) electrons. The van der Waals surface area contributed by atoms with Crippen LogP contribution in [-0.2, 0) is 17.9 Å². The van der Waals surface area contributed by atoms with Crippen LogP contribution in [-0.4, -0.2) is 41.1 Å². The van der Waals surface area contributed by atoms with E-state index in [1.165, 1.54) is 0 Å². The van der Waals surface area contributed by atoms with Crippen LogP contribution in [0.3, 0.4) is 0 Å². The summed E-state index contributed by atoms with van der Waals surface area (Å²) in [6, 6.07) is 1.92. The summed E-state index contributed by atoms with van der Waals surface area (Å²) in [5.41, 5.74) is 0.980. The lowest BCUT2D eigenvalue weighted by molar-refractivity contribution is -0.156. The van der Waals surface area contributed by atoms with Gasteiger partial charge in [0.15, 0.2) is 5.82 Å². The van der Waals surface area contributed by atoms with Crippen molar-refractivity contribution in [2.24, 2.45) is 5.41 Å². The summed E-state index contributed by atoms with van der Waals surface area (Å²) in [6.07, 6.45) is 2.29. The Balaban J connectivity index is 1.96. The van der Waals surface area contributed by atoms with E-state index in [2.05, 4.69) is 20.6 Å². The zero-order valence-corrected chi connectivity index (χ0v) is 12.2. The van der Waals surface area contributed by atoms with E-state index in [1.807, 2.05) is 24.6 Å². The Morgan fingerprint density at radius 3 is 2.76 bits per heavy atom. The topological polar surface area (TPSA) is 98.7 Å². The van der Waals surface area contributed by atoms with E-state index in [9.17, 15) is 9.90 Å². The standard InChI is InChI=1S/C13H18N6O2/c1-3-18-10(7-9(2)15-18)11-14-16-17-19(11)8-13(12(20)21)5-4-6-13/h7H,3-6,8H2,1-2H3,(H,20,21). The van der Waals surface area contributed by atoms with Crippen molar-refractivity contribution in [3.05, 3.63) is 11.8 Å². The number of aliphatic carboxylic acids is 1. The lowest BCUT2D eigenvalue weighted by atomic mass is 9.69. The number of hydrogen-bond acceptors (Lipinski definition) is 5. The zero-order valence-electron chi connectivity index (χ0n) is 12.2. The van der Waals surface area contributed by atoms with Crippen molar-refractivity contribution >= 4 is 5.97 Å². The Bertz CT molecular complexity index is 670. The molecule has 2 heterocycles. The highest BCUT2D eigenvalue weighted by molar-refractivity contribution is 5.75. The molecule has 0 atom stereocenters. The van der Waals surface area contributed by atoms with Crippen LogP contribution in [0.5, 0.6) is 0 Å². The number of carboxylic acids is 1. The molecule has 2 aromatic heterocycles. The number of nitrogens with zero attached hydrogens (tertiary/aromatic N) is 6. The molecule has 0 spiro atoms. The maximum absolute atomic E-state index is 11.5. The van der Waals surface area contributed by atoms with Gasteiger partial charge in [-0.3, -0.25) is 9.48 Å². The van der Waals surface area contributed by atoms with Crippen molar-refractivity contribution < 1.29 is 9.90 Å². The monoisotopic (exact) mass is 290 g/mol. The van der Waals surface area contributed by atoms with E-state index < -0.39 is 11.4 Å². The first-order chi connectivity index (χ1) is 10.1. The molecule has 0 amide bonds. The molecule has 1 aliphatic rings. The number of carbonyl (C=O) groups is 1. The normalized spacial score (nSPS) is 16.7. The van der Waals surface area contributed by atoms with E-state index in [4.69, 9.17) is 0 Å². The quantitative estimate of drug-likeness (QED) is 0.886. The first kappa shape index (κ1) is 13.7. The van der Waals surface area contributed by atoms with Gasteiger partial charge in [-0.25, -0.2) is 4.68 Å². The molecular formula is C13H18N6O2. The molecule has 2 aromatic rings. The molecule has 3 rings (SSSR count). The highest BCUT2D eigenvalue weighted by Gasteiger charge is 2.45. The largest absolute Gasteiger partial charge is 0.481 e. The predicted octanol–water partition coefficient (Wildman–Crippen LogP) is 1.12. The second-order valence-corrected chi connectivity index (χ2v) is 5.59. The van der Waals surface area contributed by atoms with Crippen molar-refractivity contribution in [2.75, 3.05) is 0 Å². The molecule has 1 fully saturated rings. The Morgan fingerprint density at radius 2 is 2.19 bits per heavy atom. The fraction of sp³-hybridized carbons (Fsp3) is 0.615. The summed E-state index contributed by atoms with van der Waals surface area (Å²) in [6.45, 7) is 4.92. The van der Waals surface area contributed by atoms with Crippen LogP contribution in [0.2, 0.25) is 0 Å². The number of rotatable bonds is 5. The van der Waals surface area contributed by atoms with Crippen molar-refractivity contribution in [1.29, 1.82) is 0 Å². The van der Waals surface area contributed by atoms with Crippen LogP contribution < -0.4 is 0 Å². The van der Waals surface area contributed by atoms with Gasteiger partial charge in [-0.05, 0) is 43.2 Å². The summed E-state index contributed by atoms with van der Waals surface area (Å²) >= 11 is 0. The maximum Gasteiger partial charge on any atom is 0.311 e. The second-order valence-electron chi connectivity index (χ2n) is 5.59. The molecule has 1 aliphatic carbocycles. The molecule has 0 unspecified atom stereocenters. The summed E-state index contributed by atoms with van der Waals surface area (Å²) in [4.78, 5) is 11.5. The number of carboxylic acid groups (broad SMARTS) is 1. The summed E-state index contributed by atoms with van der Waals surface area (Å²) in [7, 11) is 0. The fourth-order valence-electron chi connectivity index (χ4n) is 2.79. The number of hydrogen-bond donors (Lipinski definition) is 1. The van der Waals surface area contributed by atoms with Gasteiger partial charge in [0.05, 0.1) is 17.7 Å². The molecule has 21 heavy (non-hydrogen) atoms. The van der Waals surface area contributed by atoms with Crippen LogP contribution in [0.4, 0.5) is 0 Å². The van der Waals surface area contributed by atoms with Crippen molar-refractivity contribution in [1.82, 2.24) is 30.0 Å². The number of aromatic nitrogens is 6. The van der Waals surface area contributed by atoms with Gasteiger partial charge in [0, 0.05) is 6.54 Å². The van der Waals surface area contributed by atoms with Crippen LogP contribution in [0.15, 0.2) is 6.07 Å². The van der Waals surface area contributed by atoms with Gasteiger partial charge in [-0.2, -0.15) is 5.10 Å². The molecule has 112 valence electrons. The Kier molecular flexibility index (Phi) is 3.23. The minimum atomic E-state index is -0.768. The minimum Gasteiger partial charge on any atom is -0.481 e. The third-order valence-electron chi connectivity index (χ3n) is 4.18.